The van der Waals surface area contributed by atoms with Gasteiger partial charge in [0.1, 0.15) is 0 Å². The molecule has 84 valence electrons. The fraction of sp³-hybridized carbons (Fsp3) is 0.250. The first-order chi connectivity index (χ1) is 7.66. The Balaban J connectivity index is 2.18. The molecule has 1 aromatic carbocycles. The molecule has 0 fully saturated rings. The van der Waals surface area contributed by atoms with Crippen molar-refractivity contribution in [2.24, 2.45) is 5.73 Å². The van der Waals surface area contributed by atoms with E-state index in [9.17, 15) is 0 Å². The average Bonchev–Trinajstić information content (AvgIpc) is 2.70. The standard InChI is InChI=1S/C12H13BrN2S/c1-8(14)11-7-16-12(15-11)6-9-4-2-3-5-10(9)13/h2-5,7-8H,6,14H2,1H3. The van der Waals surface area contributed by atoms with Crippen molar-refractivity contribution in [1.82, 2.24) is 4.98 Å². The van der Waals surface area contributed by atoms with E-state index in [-0.39, 0.29) is 6.04 Å². The summed E-state index contributed by atoms with van der Waals surface area (Å²) < 4.78 is 1.13. The van der Waals surface area contributed by atoms with Gasteiger partial charge in [0.15, 0.2) is 0 Å². The zero-order chi connectivity index (χ0) is 11.5. The Morgan fingerprint density at radius 2 is 2.19 bits per heavy atom. The van der Waals surface area contributed by atoms with Gasteiger partial charge in [0.25, 0.3) is 0 Å². The normalized spacial score (nSPS) is 12.7. The van der Waals surface area contributed by atoms with E-state index in [1.54, 1.807) is 11.3 Å². The van der Waals surface area contributed by atoms with Crippen molar-refractivity contribution in [3.05, 3.63) is 50.4 Å². The smallest absolute Gasteiger partial charge is 0.0973 e. The molecule has 0 saturated carbocycles. The fourth-order valence-corrected chi connectivity index (χ4v) is 2.77. The van der Waals surface area contributed by atoms with Crippen molar-refractivity contribution in [2.45, 2.75) is 19.4 Å². The molecule has 0 aliphatic heterocycles. The van der Waals surface area contributed by atoms with Gasteiger partial charge in [-0.3, -0.25) is 0 Å². The van der Waals surface area contributed by atoms with Gasteiger partial charge in [-0.2, -0.15) is 0 Å². The second-order valence-electron chi connectivity index (χ2n) is 3.72. The molecule has 0 saturated heterocycles. The maximum atomic E-state index is 5.79. The first kappa shape index (κ1) is 11.8. The van der Waals surface area contributed by atoms with Crippen molar-refractivity contribution in [3.63, 3.8) is 0 Å². The maximum Gasteiger partial charge on any atom is 0.0973 e. The van der Waals surface area contributed by atoms with Crippen LogP contribution in [0.15, 0.2) is 34.1 Å². The minimum atomic E-state index is 0.0178. The van der Waals surface area contributed by atoms with E-state index in [2.05, 4.69) is 33.0 Å². The molecule has 0 aliphatic rings. The van der Waals surface area contributed by atoms with E-state index in [0.717, 1.165) is 21.6 Å². The summed E-state index contributed by atoms with van der Waals surface area (Å²) in [5.74, 6) is 0. The lowest BCUT2D eigenvalue weighted by Crippen LogP contribution is -2.05. The molecule has 4 heteroatoms. The molecule has 1 unspecified atom stereocenters. The van der Waals surface area contributed by atoms with Gasteiger partial charge in [-0.05, 0) is 18.6 Å². The number of halogens is 1. The molecule has 0 radical (unpaired) electrons. The van der Waals surface area contributed by atoms with E-state index >= 15 is 0 Å². The van der Waals surface area contributed by atoms with Crippen molar-refractivity contribution in [3.8, 4) is 0 Å². The third kappa shape index (κ3) is 2.70. The number of nitrogens with two attached hydrogens (primary N) is 1. The van der Waals surface area contributed by atoms with Crippen LogP contribution in [0.5, 0.6) is 0 Å². The van der Waals surface area contributed by atoms with E-state index < -0.39 is 0 Å². The van der Waals surface area contributed by atoms with Crippen molar-refractivity contribution < 1.29 is 0 Å². The Labute approximate surface area is 108 Å². The van der Waals surface area contributed by atoms with Crippen LogP contribution in [0, 0.1) is 0 Å². The lowest BCUT2D eigenvalue weighted by Gasteiger charge is -2.01. The zero-order valence-corrected chi connectivity index (χ0v) is 11.4. The van der Waals surface area contributed by atoms with Crippen LogP contribution in [0.25, 0.3) is 0 Å². The highest BCUT2D eigenvalue weighted by Gasteiger charge is 2.07. The van der Waals surface area contributed by atoms with Gasteiger partial charge in [0.2, 0.25) is 0 Å². The minimum Gasteiger partial charge on any atom is -0.323 e. The van der Waals surface area contributed by atoms with Gasteiger partial charge in [-0.1, -0.05) is 34.1 Å². The largest absolute Gasteiger partial charge is 0.323 e. The summed E-state index contributed by atoms with van der Waals surface area (Å²) in [6.07, 6.45) is 0.860. The SMILES string of the molecule is CC(N)c1csc(Cc2ccccc2Br)n1. The van der Waals surface area contributed by atoms with Crippen LogP contribution in [0.4, 0.5) is 0 Å². The molecule has 1 aromatic heterocycles. The average molecular weight is 297 g/mol. The Bertz CT molecular complexity index is 479. The number of nitrogens with zero attached hydrogens (tertiary/aromatic N) is 1. The molecule has 1 heterocycles. The number of benzene rings is 1. The molecular formula is C12H13BrN2S. The molecule has 1 atom stereocenters. The van der Waals surface area contributed by atoms with E-state index in [4.69, 9.17) is 5.73 Å². The van der Waals surface area contributed by atoms with Crippen LogP contribution in [-0.4, -0.2) is 4.98 Å². The van der Waals surface area contributed by atoms with Crippen LogP contribution >= 0.6 is 27.3 Å². The third-order valence-electron chi connectivity index (χ3n) is 2.34. The van der Waals surface area contributed by atoms with Crippen LogP contribution in [0.3, 0.4) is 0 Å². The minimum absolute atomic E-state index is 0.0178. The van der Waals surface area contributed by atoms with Crippen LogP contribution < -0.4 is 5.73 Å². The topological polar surface area (TPSA) is 38.9 Å². The van der Waals surface area contributed by atoms with Crippen LogP contribution in [0.2, 0.25) is 0 Å². The number of rotatable bonds is 3. The van der Waals surface area contributed by atoms with E-state index in [1.165, 1.54) is 5.56 Å². The fourth-order valence-electron chi connectivity index (χ4n) is 1.42. The van der Waals surface area contributed by atoms with Gasteiger partial charge in [0, 0.05) is 22.3 Å². The van der Waals surface area contributed by atoms with Crippen molar-refractivity contribution >= 4 is 27.3 Å². The second kappa shape index (κ2) is 5.08. The number of aromatic nitrogens is 1. The monoisotopic (exact) mass is 296 g/mol. The predicted octanol–water partition coefficient (Wildman–Crippen LogP) is 3.52. The molecule has 0 spiro atoms. The molecule has 2 N–H and O–H groups in total. The lowest BCUT2D eigenvalue weighted by atomic mass is 10.2. The van der Waals surface area contributed by atoms with Crippen LogP contribution in [-0.2, 0) is 6.42 Å². The predicted molar refractivity (Wildman–Crippen MR) is 71.7 cm³/mol. The molecule has 16 heavy (non-hydrogen) atoms. The van der Waals surface area contributed by atoms with Gasteiger partial charge < -0.3 is 5.73 Å². The molecule has 2 nitrogen and oxygen atoms in total. The molecule has 0 aliphatic carbocycles. The third-order valence-corrected chi connectivity index (χ3v) is 3.98. The summed E-state index contributed by atoms with van der Waals surface area (Å²) in [4.78, 5) is 4.52. The molecule has 0 bridgehead atoms. The highest BCUT2D eigenvalue weighted by molar-refractivity contribution is 9.10. The Morgan fingerprint density at radius 3 is 2.81 bits per heavy atom. The van der Waals surface area contributed by atoms with Crippen molar-refractivity contribution in [2.75, 3.05) is 0 Å². The highest BCUT2D eigenvalue weighted by atomic mass is 79.9. The van der Waals surface area contributed by atoms with Gasteiger partial charge in [-0.25, -0.2) is 4.98 Å². The van der Waals surface area contributed by atoms with Gasteiger partial charge in [0.05, 0.1) is 10.7 Å². The van der Waals surface area contributed by atoms with Gasteiger partial charge in [-0.15, -0.1) is 11.3 Å². The molecule has 2 rings (SSSR count). The molecule has 2 aromatic rings. The molecule has 0 amide bonds. The molecular weight excluding hydrogens is 284 g/mol. The summed E-state index contributed by atoms with van der Waals surface area (Å²) in [5, 5.41) is 3.15. The first-order valence-corrected chi connectivity index (χ1v) is 6.77. The number of hydrogen-bond donors (Lipinski definition) is 1. The summed E-state index contributed by atoms with van der Waals surface area (Å²) in [7, 11) is 0. The second-order valence-corrected chi connectivity index (χ2v) is 5.52. The van der Waals surface area contributed by atoms with E-state index in [1.807, 2.05) is 24.4 Å². The number of thiazole rings is 1. The first-order valence-electron chi connectivity index (χ1n) is 5.10. The van der Waals surface area contributed by atoms with Crippen LogP contribution in [0.1, 0.15) is 29.2 Å². The van der Waals surface area contributed by atoms with Gasteiger partial charge >= 0.3 is 0 Å². The van der Waals surface area contributed by atoms with Crippen molar-refractivity contribution in [1.29, 1.82) is 0 Å². The van der Waals surface area contributed by atoms with E-state index in [0.29, 0.717) is 0 Å². The quantitative estimate of drug-likeness (QED) is 0.941. The zero-order valence-electron chi connectivity index (χ0n) is 8.98. The highest BCUT2D eigenvalue weighted by Crippen LogP contribution is 2.22. The summed E-state index contributed by atoms with van der Waals surface area (Å²) in [6.45, 7) is 1.96. The lowest BCUT2D eigenvalue weighted by molar-refractivity contribution is 0.783. The Hall–Kier alpha value is -0.710. The number of hydrogen-bond acceptors (Lipinski definition) is 3. The Kier molecular flexibility index (Phi) is 3.74. The summed E-state index contributed by atoms with van der Waals surface area (Å²) >= 11 is 5.21. The summed E-state index contributed by atoms with van der Waals surface area (Å²) in [6, 6.07) is 8.24. The maximum absolute atomic E-state index is 5.79. The summed E-state index contributed by atoms with van der Waals surface area (Å²) in [5.41, 5.74) is 8.02. The Morgan fingerprint density at radius 1 is 1.44 bits per heavy atom.